The summed E-state index contributed by atoms with van der Waals surface area (Å²) in [5.74, 6) is 0.148. The van der Waals surface area contributed by atoms with Crippen molar-refractivity contribution in [1.29, 1.82) is 0 Å². The van der Waals surface area contributed by atoms with Crippen LogP contribution in [0.1, 0.15) is 0 Å². The number of benzene rings is 1. The van der Waals surface area contributed by atoms with Crippen LogP contribution in [0.3, 0.4) is 0 Å². The average molecular weight is 317 g/mol. The molecule has 0 amide bonds. The quantitative estimate of drug-likeness (QED) is 0.881. The molecule has 0 spiro atoms. The minimum atomic E-state index is -0.372. The molecule has 2 aromatic rings. The van der Waals surface area contributed by atoms with E-state index in [1.807, 2.05) is 0 Å². The van der Waals surface area contributed by atoms with Gasteiger partial charge in [-0.1, -0.05) is 11.6 Å². The first-order chi connectivity index (χ1) is 8.06. The number of hydrogen-bond acceptors (Lipinski definition) is 3. The first-order valence-electron chi connectivity index (χ1n) is 4.69. The number of aromatic nitrogens is 1. The highest BCUT2D eigenvalue weighted by Crippen LogP contribution is 2.29. The third-order valence-corrected chi connectivity index (χ3v) is 2.98. The van der Waals surface area contributed by atoms with E-state index >= 15 is 0 Å². The molecular weight excluding hydrogens is 308 g/mol. The van der Waals surface area contributed by atoms with E-state index in [1.165, 1.54) is 24.4 Å². The maximum absolute atomic E-state index is 13.1. The van der Waals surface area contributed by atoms with Crippen molar-refractivity contribution in [2.24, 2.45) is 0 Å². The van der Waals surface area contributed by atoms with Crippen molar-refractivity contribution in [3.8, 4) is 0 Å². The zero-order chi connectivity index (χ0) is 12.4. The number of rotatable bonds is 2. The number of nitrogens with zero attached hydrogens (tertiary/aromatic N) is 1. The summed E-state index contributed by atoms with van der Waals surface area (Å²) in [4.78, 5) is 4.08. The fourth-order valence-electron chi connectivity index (χ4n) is 1.27. The van der Waals surface area contributed by atoms with E-state index < -0.39 is 0 Å². The SMILES string of the molecule is Nc1cnc(Nc2cc(F)ccc2Cl)c(Br)c1. The van der Waals surface area contributed by atoms with Crippen molar-refractivity contribution in [1.82, 2.24) is 4.98 Å². The second kappa shape index (κ2) is 4.89. The van der Waals surface area contributed by atoms with Gasteiger partial charge in [-0.3, -0.25) is 0 Å². The molecule has 3 nitrogen and oxygen atoms in total. The van der Waals surface area contributed by atoms with Gasteiger partial charge in [0.15, 0.2) is 0 Å². The molecule has 0 aliphatic carbocycles. The largest absolute Gasteiger partial charge is 0.397 e. The number of nitrogens with one attached hydrogen (secondary N) is 1. The predicted octanol–water partition coefficient (Wildman–Crippen LogP) is 3.96. The van der Waals surface area contributed by atoms with Crippen molar-refractivity contribution in [2.45, 2.75) is 0 Å². The van der Waals surface area contributed by atoms with Crippen molar-refractivity contribution in [3.63, 3.8) is 0 Å². The van der Waals surface area contributed by atoms with Gasteiger partial charge < -0.3 is 11.1 Å². The lowest BCUT2D eigenvalue weighted by Crippen LogP contribution is -1.97. The van der Waals surface area contributed by atoms with E-state index in [-0.39, 0.29) is 5.82 Å². The summed E-state index contributed by atoms with van der Waals surface area (Å²) in [6.07, 6.45) is 1.50. The Labute approximate surface area is 111 Å². The lowest BCUT2D eigenvalue weighted by molar-refractivity contribution is 0.628. The third-order valence-electron chi connectivity index (χ3n) is 2.04. The Morgan fingerprint density at radius 1 is 1.35 bits per heavy atom. The van der Waals surface area contributed by atoms with E-state index in [4.69, 9.17) is 17.3 Å². The number of nitrogens with two attached hydrogens (primary N) is 1. The standard InChI is InChI=1S/C11H8BrClFN3/c12-8-4-7(15)5-16-11(8)17-10-3-6(14)1-2-9(10)13/h1-5H,15H2,(H,16,17). The minimum absolute atomic E-state index is 0.372. The summed E-state index contributed by atoms with van der Waals surface area (Å²) in [5.41, 5.74) is 6.55. The molecular formula is C11H8BrClFN3. The van der Waals surface area contributed by atoms with Gasteiger partial charge in [0.05, 0.1) is 27.1 Å². The fourth-order valence-corrected chi connectivity index (χ4v) is 1.90. The van der Waals surface area contributed by atoms with E-state index in [0.29, 0.717) is 26.7 Å². The van der Waals surface area contributed by atoms with Gasteiger partial charge in [0.1, 0.15) is 11.6 Å². The molecule has 0 unspecified atom stereocenters. The van der Waals surface area contributed by atoms with E-state index in [0.717, 1.165) is 0 Å². The van der Waals surface area contributed by atoms with Crippen LogP contribution in [0.2, 0.25) is 5.02 Å². The van der Waals surface area contributed by atoms with Crippen molar-refractivity contribution in [3.05, 3.63) is 45.8 Å². The van der Waals surface area contributed by atoms with E-state index in [9.17, 15) is 4.39 Å². The molecule has 0 fully saturated rings. The maximum atomic E-state index is 13.1. The van der Waals surface area contributed by atoms with Crippen LogP contribution in [-0.2, 0) is 0 Å². The van der Waals surface area contributed by atoms with Gasteiger partial charge in [-0.15, -0.1) is 0 Å². The summed E-state index contributed by atoms with van der Waals surface area (Å²) in [6.45, 7) is 0. The Morgan fingerprint density at radius 2 is 2.12 bits per heavy atom. The number of halogens is 3. The summed E-state index contributed by atoms with van der Waals surface area (Å²) >= 11 is 9.24. The molecule has 1 aromatic heterocycles. The molecule has 0 aliphatic heterocycles. The van der Waals surface area contributed by atoms with Gasteiger partial charge in [0.25, 0.3) is 0 Å². The lowest BCUT2D eigenvalue weighted by Gasteiger charge is -2.09. The summed E-state index contributed by atoms with van der Waals surface area (Å²) < 4.78 is 13.7. The normalized spacial score (nSPS) is 10.3. The topological polar surface area (TPSA) is 50.9 Å². The van der Waals surface area contributed by atoms with Gasteiger partial charge in [0.2, 0.25) is 0 Å². The second-order valence-corrected chi connectivity index (χ2v) is 4.61. The van der Waals surface area contributed by atoms with Crippen LogP contribution in [0.5, 0.6) is 0 Å². The van der Waals surface area contributed by atoms with Gasteiger partial charge >= 0.3 is 0 Å². The molecule has 0 radical (unpaired) electrons. The van der Waals surface area contributed by atoms with Gasteiger partial charge in [-0.05, 0) is 40.2 Å². The Morgan fingerprint density at radius 3 is 2.82 bits per heavy atom. The van der Waals surface area contributed by atoms with E-state index in [2.05, 4.69) is 26.2 Å². The Hall–Kier alpha value is -1.33. The second-order valence-electron chi connectivity index (χ2n) is 3.35. The Bertz CT molecular complexity index is 562. The first kappa shape index (κ1) is 12.1. The molecule has 88 valence electrons. The molecule has 0 bridgehead atoms. The van der Waals surface area contributed by atoms with Crippen molar-refractivity contribution < 1.29 is 4.39 Å². The Kier molecular flexibility index (Phi) is 3.49. The van der Waals surface area contributed by atoms with Crippen LogP contribution < -0.4 is 11.1 Å². The molecule has 6 heteroatoms. The number of anilines is 3. The third kappa shape index (κ3) is 2.87. The van der Waals surface area contributed by atoms with Crippen molar-refractivity contribution in [2.75, 3.05) is 11.1 Å². The zero-order valence-electron chi connectivity index (χ0n) is 8.55. The highest BCUT2D eigenvalue weighted by Gasteiger charge is 2.06. The molecule has 17 heavy (non-hydrogen) atoms. The first-order valence-corrected chi connectivity index (χ1v) is 5.86. The fraction of sp³-hybridized carbons (Fsp3) is 0. The number of hydrogen-bond donors (Lipinski definition) is 2. The molecule has 0 saturated carbocycles. The molecule has 2 rings (SSSR count). The summed E-state index contributed by atoms with van der Waals surface area (Å²) in [6, 6.07) is 5.76. The molecule has 1 heterocycles. The highest BCUT2D eigenvalue weighted by molar-refractivity contribution is 9.10. The maximum Gasteiger partial charge on any atom is 0.144 e. The van der Waals surface area contributed by atoms with Crippen LogP contribution in [-0.4, -0.2) is 4.98 Å². The van der Waals surface area contributed by atoms with Crippen LogP contribution in [0, 0.1) is 5.82 Å². The molecule has 0 atom stereocenters. The smallest absolute Gasteiger partial charge is 0.144 e. The number of pyridine rings is 1. The number of nitrogen functional groups attached to an aromatic ring is 1. The van der Waals surface area contributed by atoms with E-state index in [1.54, 1.807) is 6.07 Å². The van der Waals surface area contributed by atoms with Crippen LogP contribution in [0.15, 0.2) is 34.9 Å². The Balaban J connectivity index is 2.34. The molecule has 3 N–H and O–H groups in total. The molecule has 0 aliphatic rings. The van der Waals surface area contributed by atoms with Crippen LogP contribution >= 0.6 is 27.5 Å². The minimum Gasteiger partial charge on any atom is -0.397 e. The molecule has 0 saturated heterocycles. The van der Waals surface area contributed by atoms with Crippen LogP contribution in [0.25, 0.3) is 0 Å². The van der Waals surface area contributed by atoms with Crippen LogP contribution in [0.4, 0.5) is 21.6 Å². The van der Waals surface area contributed by atoms with Crippen molar-refractivity contribution >= 4 is 44.7 Å². The molecule has 1 aromatic carbocycles. The average Bonchev–Trinajstić information content (AvgIpc) is 2.27. The monoisotopic (exact) mass is 315 g/mol. The van der Waals surface area contributed by atoms with Gasteiger partial charge in [-0.2, -0.15) is 0 Å². The summed E-state index contributed by atoms with van der Waals surface area (Å²) in [5, 5.41) is 3.34. The lowest BCUT2D eigenvalue weighted by atomic mass is 10.3. The summed E-state index contributed by atoms with van der Waals surface area (Å²) in [7, 11) is 0. The van der Waals surface area contributed by atoms with Gasteiger partial charge in [0, 0.05) is 0 Å². The van der Waals surface area contributed by atoms with Gasteiger partial charge in [-0.25, -0.2) is 9.37 Å². The highest BCUT2D eigenvalue weighted by atomic mass is 79.9. The zero-order valence-corrected chi connectivity index (χ0v) is 10.9. The predicted molar refractivity (Wildman–Crippen MR) is 71.0 cm³/mol.